The number of carbonyl (C=O) groups is 1. The second-order valence-electron chi connectivity index (χ2n) is 5.64. The molecule has 0 aromatic heterocycles. The zero-order valence-electron chi connectivity index (χ0n) is 12.8. The van der Waals surface area contributed by atoms with Crippen LogP contribution in [0.4, 0.5) is 11.4 Å². The molecule has 3 rings (SSSR count). The molecule has 1 heterocycles. The number of rotatable bonds is 4. The van der Waals surface area contributed by atoms with Gasteiger partial charge in [0.15, 0.2) is 0 Å². The fraction of sp³-hybridized carbons (Fsp3) is 0.222. The van der Waals surface area contributed by atoms with Gasteiger partial charge in [-0.25, -0.2) is 0 Å². The molecule has 2 aromatic carbocycles. The predicted molar refractivity (Wildman–Crippen MR) is 97.9 cm³/mol. The SMILES string of the molecule is NC(=S)c1ccc(NC(=O)CN2CCCc3ccccc32)cc1. The van der Waals surface area contributed by atoms with Crippen LogP contribution in [0.15, 0.2) is 48.5 Å². The summed E-state index contributed by atoms with van der Waals surface area (Å²) >= 11 is 4.92. The Bertz CT molecular complexity index is 727. The molecule has 118 valence electrons. The van der Waals surface area contributed by atoms with Crippen LogP contribution in [-0.2, 0) is 11.2 Å². The van der Waals surface area contributed by atoms with Gasteiger partial charge in [0, 0.05) is 23.5 Å². The van der Waals surface area contributed by atoms with Crippen molar-refractivity contribution in [2.75, 3.05) is 23.3 Å². The molecular weight excluding hydrogens is 306 g/mol. The van der Waals surface area contributed by atoms with Gasteiger partial charge in [-0.15, -0.1) is 0 Å². The number of aryl methyl sites for hydroxylation is 1. The fourth-order valence-electron chi connectivity index (χ4n) is 2.87. The Morgan fingerprint density at radius 2 is 1.91 bits per heavy atom. The number of hydrogen-bond acceptors (Lipinski definition) is 3. The van der Waals surface area contributed by atoms with E-state index in [1.165, 1.54) is 5.56 Å². The van der Waals surface area contributed by atoms with Gasteiger partial charge in [0.25, 0.3) is 0 Å². The first-order chi connectivity index (χ1) is 11.1. The van der Waals surface area contributed by atoms with Gasteiger partial charge in [0.05, 0.1) is 6.54 Å². The summed E-state index contributed by atoms with van der Waals surface area (Å²) in [6.45, 7) is 1.26. The number of nitrogens with two attached hydrogens (primary N) is 1. The van der Waals surface area contributed by atoms with Crippen molar-refractivity contribution < 1.29 is 4.79 Å². The normalized spacial score (nSPS) is 13.3. The number of hydrogen-bond donors (Lipinski definition) is 2. The lowest BCUT2D eigenvalue weighted by Gasteiger charge is -2.30. The van der Waals surface area contributed by atoms with E-state index < -0.39 is 0 Å². The van der Waals surface area contributed by atoms with Gasteiger partial charge in [-0.1, -0.05) is 30.4 Å². The van der Waals surface area contributed by atoms with Gasteiger partial charge in [-0.05, 0) is 48.7 Å². The first-order valence-electron chi connectivity index (χ1n) is 7.66. The number of thiocarbonyl (C=S) groups is 1. The van der Waals surface area contributed by atoms with Crippen molar-refractivity contribution in [1.29, 1.82) is 0 Å². The quantitative estimate of drug-likeness (QED) is 0.849. The van der Waals surface area contributed by atoms with Gasteiger partial charge >= 0.3 is 0 Å². The molecule has 1 amide bonds. The highest BCUT2D eigenvalue weighted by atomic mass is 32.1. The highest BCUT2D eigenvalue weighted by molar-refractivity contribution is 7.80. The first kappa shape index (κ1) is 15.5. The van der Waals surface area contributed by atoms with E-state index in [2.05, 4.69) is 22.3 Å². The number of nitrogens with one attached hydrogen (secondary N) is 1. The van der Waals surface area contributed by atoms with Crippen molar-refractivity contribution in [3.8, 4) is 0 Å². The molecule has 0 aliphatic carbocycles. The lowest BCUT2D eigenvalue weighted by molar-refractivity contribution is -0.115. The van der Waals surface area contributed by atoms with E-state index >= 15 is 0 Å². The number of nitrogens with zero attached hydrogens (tertiary/aromatic N) is 1. The molecule has 0 saturated heterocycles. The summed E-state index contributed by atoms with van der Waals surface area (Å²) in [5.74, 6) is -0.0234. The van der Waals surface area contributed by atoms with Gasteiger partial charge < -0.3 is 16.0 Å². The van der Waals surface area contributed by atoms with E-state index in [1.54, 1.807) is 0 Å². The van der Waals surface area contributed by atoms with Gasteiger partial charge in [0.1, 0.15) is 4.99 Å². The molecular formula is C18H19N3OS. The molecule has 2 aromatic rings. The molecule has 5 heteroatoms. The van der Waals surface area contributed by atoms with E-state index in [0.717, 1.165) is 36.3 Å². The molecule has 3 N–H and O–H groups in total. The first-order valence-corrected chi connectivity index (χ1v) is 8.07. The van der Waals surface area contributed by atoms with Crippen LogP contribution in [0.25, 0.3) is 0 Å². The monoisotopic (exact) mass is 325 g/mol. The molecule has 0 saturated carbocycles. The Balaban J connectivity index is 1.65. The van der Waals surface area contributed by atoms with E-state index in [-0.39, 0.29) is 5.91 Å². The summed E-state index contributed by atoms with van der Waals surface area (Å²) in [6, 6.07) is 15.5. The minimum absolute atomic E-state index is 0.0234. The van der Waals surface area contributed by atoms with Crippen LogP contribution in [0.2, 0.25) is 0 Å². The predicted octanol–water partition coefficient (Wildman–Crippen LogP) is 2.71. The van der Waals surface area contributed by atoms with Gasteiger partial charge in [0.2, 0.25) is 5.91 Å². The molecule has 1 aliphatic rings. The van der Waals surface area contributed by atoms with Crippen molar-refractivity contribution in [1.82, 2.24) is 0 Å². The average Bonchev–Trinajstić information content (AvgIpc) is 2.55. The van der Waals surface area contributed by atoms with Crippen LogP contribution < -0.4 is 16.0 Å². The van der Waals surface area contributed by atoms with Crippen molar-refractivity contribution >= 4 is 34.5 Å². The van der Waals surface area contributed by atoms with Gasteiger partial charge in [-0.2, -0.15) is 0 Å². The lowest BCUT2D eigenvalue weighted by Crippen LogP contribution is -2.36. The molecule has 0 radical (unpaired) electrons. The Morgan fingerprint density at radius 3 is 2.65 bits per heavy atom. The largest absolute Gasteiger partial charge is 0.389 e. The standard InChI is InChI=1S/C18H19N3OS/c19-18(23)14-7-9-15(10-8-14)20-17(22)12-21-11-3-5-13-4-1-2-6-16(13)21/h1-2,4,6-10H,3,5,11-12H2,(H2,19,23)(H,20,22). The zero-order valence-corrected chi connectivity index (χ0v) is 13.6. The highest BCUT2D eigenvalue weighted by Gasteiger charge is 2.18. The van der Waals surface area contributed by atoms with Crippen LogP contribution in [-0.4, -0.2) is 24.0 Å². The number of fused-ring (bicyclic) bond motifs is 1. The van der Waals surface area contributed by atoms with E-state index in [1.807, 2.05) is 36.4 Å². The number of carbonyl (C=O) groups excluding carboxylic acids is 1. The Hall–Kier alpha value is -2.40. The molecule has 23 heavy (non-hydrogen) atoms. The molecule has 0 fully saturated rings. The Morgan fingerprint density at radius 1 is 1.17 bits per heavy atom. The second kappa shape index (κ2) is 6.79. The van der Waals surface area contributed by atoms with Crippen LogP contribution in [0.5, 0.6) is 0 Å². The number of benzene rings is 2. The summed E-state index contributed by atoms with van der Waals surface area (Å²) in [7, 11) is 0. The molecule has 1 aliphatic heterocycles. The third kappa shape index (κ3) is 3.68. The van der Waals surface area contributed by atoms with Gasteiger partial charge in [-0.3, -0.25) is 4.79 Å². The summed E-state index contributed by atoms with van der Waals surface area (Å²) in [5.41, 5.74) is 9.59. The highest BCUT2D eigenvalue weighted by Crippen LogP contribution is 2.26. The smallest absolute Gasteiger partial charge is 0.243 e. The molecule has 0 unspecified atom stereocenters. The van der Waals surface area contributed by atoms with E-state index in [4.69, 9.17) is 18.0 Å². The van der Waals surface area contributed by atoms with Crippen LogP contribution in [0, 0.1) is 0 Å². The second-order valence-corrected chi connectivity index (χ2v) is 6.08. The molecule has 4 nitrogen and oxygen atoms in total. The van der Waals surface area contributed by atoms with Crippen LogP contribution >= 0.6 is 12.2 Å². The molecule has 0 bridgehead atoms. The van der Waals surface area contributed by atoms with Crippen LogP contribution in [0.1, 0.15) is 17.5 Å². The maximum Gasteiger partial charge on any atom is 0.243 e. The lowest BCUT2D eigenvalue weighted by atomic mass is 10.0. The number of amides is 1. The maximum atomic E-state index is 12.3. The summed E-state index contributed by atoms with van der Waals surface area (Å²) in [6.07, 6.45) is 2.15. The van der Waals surface area contributed by atoms with Crippen molar-refractivity contribution in [2.24, 2.45) is 5.73 Å². The summed E-state index contributed by atoms with van der Waals surface area (Å²) in [5, 5.41) is 2.92. The number of para-hydroxylation sites is 1. The fourth-order valence-corrected chi connectivity index (χ4v) is 3.00. The van der Waals surface area contributed by atoms with Crippen LogP contribution in [0.3, 0.4) is 0 Å². The third-order valence-corrected chi connectivity index (χ3v) is 4.23. The molecule has 0 spiro atoms. The number of anilines is 2. The molecule has 0 atom stereocenters. The maximum absolute atomic E-state index is 12.3. The topological polar surface area (TPSA) is 58.4 Å². The van der Waals surface area contributed by atoms with Crippen molar-refractivity contribution in [2.45, 2.75) is 12.8 Å². The van der Waals surface area contributed by atoms with E-state index in [9.17, 15) is 4.79 Å². The minimum Gasteiger partial charge on any atom is -0.389 e. The Kier molecular flexibility index (Phi) is 4.57. The average molecular weight is 325 g/mol. The van der Waals surface area contributed by atoms with E-state index in [0.29, 0.717) is 11.5 Å². The zero-order chi connectivity index (χ0) is 16.2. The summed E-state index contributed by atoms with van der Waals surface area (Å²) < 4.78 is 0. The minimum atomic E-state index is -0.0234. The third-order valence-electron chi connectivity index (χ3n) is 3.99. The van der Waals surface area contributed by atoms with Crippen molar-refractivity contribution in [3.05, 3.63) is 59.7 Å². The van der Waals surface area contributed by atoms with Crippen molar-refractivity contribution in [3.63, 3.8) is 0 Å². The Labute approximate surface area is 141 Å². The summed E-state index contributed by atoms with van der Waals surface area (Å²) in [4.78, 5) is 14.8.